The lowest BCUT2D eigenvalue weighted by molar-refractivity contribution is 0.199. The summed E-state index contributed by atoms with van der Waals surface area (Å²) in [6.07, 6.45) is -0.0180. The van der Waals surface area contributed by atoms with Crippen molar-refractivity contribution in [2.24, 2.45) is 10.7 Å². The van der Waals surface area contributed by atoms with Crippen molar-refractivity contribution < 1.29 is 4.74 Å². The highest BCUT2D eigenvalue weighted by Crippen LogP contribution is 2.27. The molecular weight excluding hydrogens is 176 g/mol. The smallest absolute Gasteiger partial charge is 0.283 e. The second-order valence-electron chi connectivity index (χ2n) is 3.66. The number of nitrogens with zero attached hydrogens (tertiary/aromatic N) is 1. The SMILES string of the molecule is Cc1ccc([C@H]2OC(N)=N[C@H]2C)cc1. The zero-order valence-corrected chi connectivity index (χ0v) is 8.40. The van der Waals surface area contributed by atoms with Gasteiger partial charge in [0.15, 0.2) is 0 Å². The van der Waals surface area contributed by atoms with Gasteiger partial charge in [0.2, 0.25) is 0 Å². The van der Waals surface area contributed by atoms with Gasteiger partial charge in [0.05, 0.1) is 6.04 Å². The minimum Gasteiger partial charge on any atom is -0.455 e. The molecule has 0 amide bonds. The molecule has 0 unspecified atom stereocenters. The number of aryl methyl sites for hydroxylation is 1. The van der Waals surface area contributed by atoms with Gasteiger partial charge in [-0.2, -0.15) is 0 Å². The van der Waals surface area contributed by atoms with Crippen molar-refractivity contribution in [3.63, 3.8) is 0 Å². The maximum atomic E-state index is 5.51. The second-order valence-corrected chi connectivity index (χ2v) is 3.66. The monoisotopic (exact) mass is 190 g/mol. The van der Waals surface area contributed by atoms with Gasteiger partial charge in [-0.25, -0.2) is 4.99 Å². The lowest BCUT2D eigenvalue weighted by Gasteiger charge is -2.14. The lowest BCUT2D eigenvalue weighted by atomic mass is 10.0. The summed E-state index contributed by atoms with van der Waals surface area (Å²) in [5.41, 5.74) is 7.89. The van der Waals surface area contributed by atoms with Crippen molar-refractivity contribution in [2.45, 2.75) is 26.0 Å². The van der Waals surface area contributed by atoms with Crippen LogP contribution in [0.1, 0.15) is 24.2 Å². The van der Waals surface area contributed by atoms with Crippen molar-refractivity contribution in [3.05, 3.63) is 35.4 Å². The van der Waals surface area contributed by atoms with Crippen LogP contribution in [0.25, 0.3) is 0 Å². The van der Waals surface area contributed by atoms with Crippen LogP contribution in [0.4, 0.5) is 0 Å². The first kappa shape index (κ1) is 9.06. The molecule has 0 saturated carbocycles. The van der Waals surface area contributed by atoms with E-state index in [9.17, 15) is 0 Å². The summed E-state index contributed by atoms with van der Waals surface area (Å²) in [6.45, 7) is 4.07. The van der Waals surface area contributed by atoms with Gasteiger partial charge in [-0.15, -0.1) is 0 Å². The molecule has 1 aromatic rings. The Morgan fingerprint density at radius 2 is 1.93 bits per heavy atom. The Labute approximate surface area is 83.6 Å². The summed E-state index contributed by atoms with van der Waals surface area (Å²) >= 11 is 0. The van der Waals surface area contributed by atoms with E-state index >= 15 is 0 Å². The summed E-state index contributed by atoms with van der Waals surface area (Å²) < 4.78 is 5.43. The molecular formula is C11H14N2O. The second kappa shape index (κ2) is 3.33. The number of benzene rings is 1. The summed E-state index contributed by atoms with van der Waals surface area (Å²) in [6, 6.07) is 8.66. The summed E-state index contributed by atoms with van der Waals surface area (Å²) in [4.78, 5) is 4.14. The predicted octanol–water partition coefficient (Wildman–Crippen LogP) is 1.77. The van der Waals surface area contributed by atoms with Crippen LogP contribution in [-0.4, -0.2) is 12.1 Å². The minimum atomic E-state index is -0.0180. The molecule has 3 nitrogen and oxygen atoms in total. The Morgan fingerprint density at radius 3 is 2.43 bits per heavy atom. The van der Waals surface area contributed by atoms with E-state index in [1.54, 1.807) is 0 Å². The number of nitrogens with two attached hydrogens (primary N) is 1. The lowest BCUT2D eigenvalue weighted by Crippen LogP contribution is -2.14. The molecule has 1 aliphatic heterocycles. The van der Waals surface area contributed by atoms with E-state index in [1.165, 1.54) is 5.56 Å². The number of aliphatic imine (C=N–C) groups is 1. The molecule has 14 heavy (non-hydrogen) atoms. The first-order valence-electron chi connectivity index (χ1n) is 4.73. The fourth-order valence-electron chi connectivity index (χ4n) is 1.63. The van der Waals surface area contributed by atoms with Crippen LogP contribution in [0.2, 0.25) is 0 Å². The van der Waals surface area contributed by atoms with Gasteiger partial charge < -0.3 is 10.5 Å². The third-order valence-corrected chi connectivity index (χ3v) is 2.42. The zero-order valence-electron chi connectivity index (χ0n) is 8.40. The average Bonchev–Trinajstić information content (AvgIpc) is 2.47. The molecule has 1 heterocycles. The van der Waals surface area contributed by atoms with Crippen LogP contribution in [0.3, 0.4) is 0 Å². The molecule has 2 N–H and O–H groups in total. The number of rotatable bonds is 1. The van der Waals surface area contributed by atoms with Crippen molar-refractivity contribution in [1.29, 1.82) is 0 Å². The Hall–Kier alpha value is -1.51. The van der Waals surface area contributed by atoms with Gasteiger partial charge >= 0.3 is 0 Å². The highest BCUT2D eigenvalue weighted by Gasteiger charge is 2.27. The van der Waals surface area contributed by atoms with E-state index < -0.39 is 0 Å². The van der Waals surface area contributed by atoms with E-state index in [4.69, 9.17) is 10.5 Å². The normalized spacial score (nSPS) is 25.7. The van der Waals surface area contributed by atoms with Crippen LogP contribution in [0.5, 0.6) is 0 Å². The maximum absolute atomic E-state index is 5.51. The fraction of sp³-hybridized carbons (Fsp3) is 0.364. The molecule has 2 rings (SSSR count). The summed E-state index contributed by atoms with van der Waals surface area (Å²) in [5.74, 6) is 0. The Balaban J connectivity index is 2.21. The van der Waals surface area contributed by atoms with Crippen molar-refractivity contribution >= 4 is 6.02 Å². The highest BCUT2D eigenvalue weighted by molar-refractivity contribution is 5.73. The van der Waals surface area contributed by atoms with Crippen LogP contribution in [-0.2, 0) is 4.74 Å². The number of hydrogen-bond donors (Lipinski definition) is 1. The van der Waals surface area contributed by atoms with Gasteiger partial charge in [-0.3, -0.25) is 0 Å². The predicted molar refractivity (Wildman–Crippen MR) is 56.1 cm³/mol. The van der Waals surface area contributed by atoms with E-state index in [0.29, 0.717) is 6.02 Å². The topological polar surface area (TPSA) is 47.6 Å². The van der Waals surface area contributed by atoms with Gasteiger partial charge in [-0.05, 0) is 19.4 Å². The van der Waals surface area contributed by atoms with Gasteiger partial charge in [0.25, 0.3) is 6.02 Å². The molecule has 74 valence electrons. The molecule has 1 aliphatic rings. The summed E-state index contributed by atoms with van der Waals surface area (Å²) in [5, 5.41) is 0. The van der Waals surface area contributed by atoms with Crippen LogP contribution < -0.4 is 5.73 Å². The molecule has 0 saturated heterocycles. The first-order chi connectivity index (χ1) is 6.66. The van der Waals surface area contributed by atoms with E-state index in [-0.39, 0.29) is 12.1 Å². The maximum Gasteiger partial charge on any atom is 0.283 e. The number of hydrogen-bond acceptors (Lipinski definition) is 3. The zero-order chi connectivity index (χ0) is 10.1. The Kier molecular flexibility index (Phi) is 2.15. The van der Waals surface area contributed by atoms with E-state index in [1.807, 2.05) is 6.92 Å². The molecule has 0 radical (unpaired) electrons. The molecule has 0 spiro atoms. The molecule has 3 heteroatoms. The van der Waals surface area contributed by atoms with Crippen LogP contribution in [0.15, 0.2) is 29.3 Å². The molecule has 2 atom stereocenters. The third-order valence-electron chi connectivity index (χ3n) is 2.42. The average molecular weight is 190 g/mol. The minimum absolute atomic E-state index is 0.0180. The van der Waals surface area contributed by atoms with Crippen molar-refractivity contribution in [1.82, 2.24) is 0 Å². The standard InChI is InChI=1S/C11H14N2O/c1-7-3-5-9(6-4-7)10-8(2)13-11(12)14-10/h3-6,8,10H,1-2H3,(H2,12,13)/t8-,10-/m0/s1. The van der Waals surface area contributed by atoms with Gasteiger partial charge in [0.1, 0.15) is 6.10 Å². The van der Waals surface area contributed by atoms with E-state index in [2.05, 4.69) is 36.2 Å². The van der Waals surface area contributed by atoms with Gasteiger partial charge in [0, 0.05) is 0 Å². The third kappa shape index (κ3) is 1.58. The fourth-order valence-corrected chi connectivity index (χ4v) is 1.63. The molecule has 0 aliphatic carbocycles. The number of amidine groups is 1. The molecule has 0 aromatic heterocycles. The van der Waals surface area contributed by atoms with Crippen LogP contribution >= 0.6 is 0 Å². The molecule has 0 bridgehead atoms. The first-order valence-corrected chi connectivity index (χ1v) is 4.73. The molecule has 1 aromatic carbocycles. The largest absolute Gasteiger partial charge is 0.455 e. The summed E-state index contributed by atoms with van der Waals surface area (Å²) in [7, 11) is 0. The van der Waals surface area contributed by atoms with Crippen molar-refractivity contribution in [2.75, 3.05) is 0 Å². The Morgan fingerprint density at radius 1 is 1.29 bits per heavy atom. The number of ether oxygens (including phenoxy) is 1. The Bertz CT molecular complexity index is 356. The van der Waals surface area contributed by atoms with E-state index in [0.717, 1.165) is 5.56 Å². The van der Waals surface area contributed by atoms with Crippen LogP contribution in [0, 0.1) is 6.92 Å². The highest BCUT2D eigenvalue weighted by atomic mass is 16.5. The quantitative estimate of drug-likeness (QED) is 0.733. The van der Waals surface area contributed by atoms with Crippen molar-refractivity contribution in [3.8, 4) is 0 Å². The molecule has 0 fully saturated rings. The van der Waals surface area contributed by atoms with Gasteiger partial charge in [-0.1, -0.05) is 29.8 Å².